The molecule has 3 aromatic heterocycles. The van der Waals surface area contributed by atoms with Crippen LogP contribution in [0.25, 0.3) is 16.8 Å². The van der Waals surface area contributed by atoms with Crippen molar-refractivity contribution in [2.75, 3.05) is 12.4 Å². The molecule has 0 fully saturated rings. The molecule has 132 valence electrons. The van der Waals surface area contributed by atoms with Crippen LogP contribution in [-0.4, -0.2) is 27.7 Å². The highest BCUT2D eigenvalue weighted by Gasteiger charge is 2.17. The number of hydrogen-bond donors (Lipinski definition) is 1. The van der Waals surface area contributed by atoms with E-state index in [9.17, 15) is 0 Å². The van der Waals surface area contributed by atoms with Crippen molar-refractivity contribution in [1.29, 1.82) is 0 Å². The molecule has 1 atom stereocenters. The summed E-state index contributed by atoms with van der Waals surface area (Å²) in [6.45, 7) is 10.5. The fourth-order valence-electron chi connectivity index (χ4n) is 3.10. The lowest BCUT2D eigenvalue weighted by Crippen LogP contribution is -2.14. The zero-order chi connectivity index (χ0) is 18.1. The highest BCUT2D eigenvalue weighted by atomic mass is 16.5. The molecular weight excluding hydrogens is 312 g/mol. The standard InChI is InChI=1S/C20H26N4O/c1-7-13(3)21-17-11-14(4)23-24-18(17)10-12(2)20(24)16-8-9-19(25-6)22-15(16)5/h8-11,13,21H,7H2,1-6H3. The third-order valence-corrected chi connectivity index (χ3v) is 4.59. The van der Waals surface area contributed by atoms with Crippen molar-refractivity contribution in [3.63, 3.8) is 0 Å². The van der Waals surface area contributed by atoms with Crippen LogP contribution in [0.4, 0.5) is 5.69 Å². The SMILES string of the molecule is CCC(C)Nc1cc(C)nn2c(-c3ccc(OC)nc3C)c(C)cc12. The molecule has 0 aromatic carbocycles. The molecule has 5 heteroatoms. The molecule has 0 aliphatic heterocycles. The molecule has 3 rings (SSSR count). The Kier molecular flexibility index (Phi) is 4.66. The minimum atomic E-state index is 0.411. The molecule has 0 aliphatic carbocycles. The highest BCUT2D eigenvalue weighted by molar-refractivity contribution is 5.80. The second-order valence-corrected chi connectivity index (χ2v) is 6.61. The summed E-state index contributed by atoms with van der Waals surface area (Å²) >= 11 is 0. The van der Waals surface area contributed by atoms with Gasteiger partial charge in [-0.3, -0.25) is 0 Å². The maximum atomic E-state index is 5.24. The third-order valence-electron chi connectivity index (χ3n) is 4.59. The van der Waals surface area contributed by atoms with Gasteiger partial charge >= 0.3 is 0 Å². The lowest BCUT2D eigenvalue weighted by atomic mass is 10.1. The van der Waals surface area contributed by atoms with E-state index in [1.807, 2.05) is 24.4 Å². The number of ether oxygens (including phenoxy) is 1. The van der Waals surface area contributed by atoms with Gasteiger partial charge in [0.25, 0.3) is 0 Å². The second kappa shape index (κ2) is 6.75. The number of aryl methyl sites for hydroxylation is 3. The number of aromatic nitrogens is 3. The van der Waals surface area contributed by atoms with E-state index in [1.54, 1.807) is 7.11 Å². The normalized spacial score (nSPS) is 12.4. The zero-order valence-electron chi connectivity index (χ0n) is 15.8. The third kappa shape index (κ3) is 3.18. The maximum absolute atomic E-state index is 5.24. The molecule has 3 aromatic rings. The molecule has 0 saturated carbocycles. The highest BCUT2D eigenvalue weighted by Crippen LogP contribution is 2.32. The fraction of sp³-hybridized carbons (Fsp3) is 0.400. The number of fused-ring (bicyclic) bond motifs is 1. The molecule has 5 nitrogen and oxygen atoms in total. The molecule has 0 amide bonds. The van der Waals surface area contributed by atoms with Gasteiger partial charge in [0.15, 0.2) is 0 Å². The van der Waals surface area contributed by atoms with Crippen LogP contribution in [0, 0.1) is 20.8 Å². The van der Waals surface area contributed by atoms with Crippen LogP contribution in [0.2, 0.25) is 0 Å². The van der Waals surface area contributed by atoms with Gasteiger partial charge in [-0.25, -0.2) is 9.50 Å². The number of pyridine rings is 1. The second-order valence-electron chi connectivity index (χ2n) is 6.61. The van der Waals surface area contributed by atoms with E-state index in [1.165, 1.54) is 5.56 Å². The molecule has 0 spiro atoms. The summed E-state index contributed by atoms with van der Waals surface area (Å²) in [5.41, 5.74) is 7.46. The summed E-state index contributed by atoms with van der Waals surface area (Å²) in [6, 6.07) is 8.67. The predicted molar refractivity (Wildman–Crippen MR) is 103 cm³/mol. The van der Waals surface area contributed by atoms with E-state index < -0.39 is 0 Å². The van der Waals surface area contributed by atoms with Crippen LogP contribution in [0.1, 0.15) is 37.2 Å². The van der Waals surface area contributed by atoms with E-state index in [0.29, 0.717) is 11.9 Å². The van der Waals surface area contributed by atoms with Crippen molar-refractivity contribution in [1.82, 2.24) is 14.6 Å². The van der Waals surface area contributed by atoms with Crippen molar-refractivity contribution in [2.45, 2.75) is 47.1 Å². The predicted octanol–water partition coefficient (Wildman–Crippen LogP) is 4.54. The monoisotopic (exact) mass is 338 g/mol. The van der Waals surface area contributed by atoms with Gasteiger partial charge in [-0.2, -0.15) is 5.10 Å². The van der Waals surface area contributed by atoms with Gasteiger partial charge in [-0.15, -0.1) is 0 Å². The molecule has 3 heterocycles. The fourth-order valence-corrected chi connectivity index (χ4v) is 3.10. The Morgan fingerprint density at radius 1 is 1.20 bits per heavy atom. The van der Waals surface area contributed by atoms with Gasteiger partial charge in [0.2, 0.25) is 5.88 Å². The Morgan fingerprint density at radius 2 is 1.96 bits per heavy atom. The summed E-state index contributed by atoms with van der Waals surface area (Å²) in [7, 11) is 1.64. The topological polar surface area (TPSA) is 51.5 Å². The van der Waals surface area contributed by atoms with Crippen molar-refractivity contribution < 1.29 is 4.74 Å². The largest absolute Gasteiger partial charge is 0.481 e. The average molecular weight is 338 g/mol. The average Bonchev–Trinajstić information content (AvgIpc) is 2.90. The van der Waals surface area contributed by atoms with E-state index in [2.05, 4.69) is 49.3 Å². The Hall–Kier alpha value is -2.56. The van der Waals surface area contributed by atoms with Crippen LogP contribution >= 0.6 is 0 Å². The number of methoxy groups -OCH3 is 1. The van der Waals surface area contributed by atoms with Gasteiger partial charge < -0.3 is 10.1 Å². The first-order valence-corrected chi connectivity index (χ1v) is 8.73. The molecular formula is C20H26N4O. The lowest BCUT2D eigenvalue weighted by molar-refractivity contribution is 0.397. The number of nitrogens with one attached hydrogen (secondary N) is 1. The molecule has 0 saturated heterocycles. The van der Waals surface area contributed by atoms with Gasteiger partial charge in [0, 0.05) is 17.7 Å². The number of nitrogens with zero attached hydrogens (tertiary/aromatic N) is 3. The van der Waals surface area contributed by atoms with E-state index in [4.69, 9.17) is 9.84 Å². The lowest BCUT2D eigenvalue weighted by Gasteiger charge is -2.15. The van der Waals surface area contributed by atoms with Crippen molar-refractivity contribution in [3.8, 4) is 17.1 Å². The quantitative estimate of drug-likeness (QED) is 0.742. The number of hydrogen-bond acceptors (Lipinski definition) is 4. The van der Waals surface area contributed by atoms with Crippen LogP contribution in [0.3, 0.4) is 0 Å². The van der Waals surface area contributed by atoms with Crippen molar-refractivity contribution >= 4 is 11.2 Å². The molecule has 0 aliphatic rings. The molecule has 1 N–H and O–H groups in total. The molecule has 0 radical (unpaired) electrons. The maximum Gasteiger partial charge on any atom is 0.213 e. The first-order valence-electron chi connectivity index (χ1n) is 8.73. The minimum absolute atomic E-state index is 0.411. The van der Waals surface area contributed by atoms with Crippen molar-refractivity contribution in [3.05, 3.63) is 41.2 Å². The van der Waals surface area contributed by atoms with Crippen LogP contribution < -0.4 is 10.1 Å². The Labute approximate surface area is 149 Å². The Balaban J connectivity index is 2.21. The van der Waals surface area contributed by atoms with Crippen LogP contribution in [0.5, 0.6) is 5.88 Å². The summed E-state index contributed by atoms with van der Waals surface area (Å²) < 4.78 is 7.27. The Bertz CT molecular complexity index is 914. The summed E-state index contributed by atoms with van der Waals surface area (Å²) in [6.07, 6.45) is 1.07. The molecule has 25 heavy (non-hydrogen) atoms. The number of rotatable bonds is 5. The van der Waals surface area contributed by atoms with Crippen molar-refractivity contribution in [2.24, 2.45) is 0 Å². The first-order chi connectivity index (χ1) is 11.9. The van der Waals surface area contributed by atoms with Gasteiger partial charge in [0.05, 0.1) is 35.4 Å². The van der Waals surface area contributed by atoms with Crippen LogP contribution in [0.15, 0.2) is 24.3 Å². The number of anilines is 1. The van der Waals surface area contributed by atoms with Gasteiger partial charge in [-0.1, -0.05) is 6.92 Å². The first kappa shape index (κ1) is 17.3. The van der Waals surface area contributed by atoms with Crippen LogP contribution in [-0.2, 0) is 0 Å². The zero-order valence-corrected chi connectivity index (χ0v) is 15.8. The minimum Gasteiger partial charge on any atom is -0.481 e. The van der Waals surface area contributed by atoms with Gasteiger partial charge in [0.1, 0.15) is 0 Å². The van der Waals surface area contributed by atoms with E-state index in [0.717, 1.165) is 40.3 Å². The van der Waals surface area contributed by atoms with E-state index in [-0.39, 0.29) is 0 Å². The van der Waals surface area contributed by atoms with Gasteiger partial charge in [-0.05, 0) is 57.9 Å². The van der Waals surface area contributed by atoms with E-state index >= 15 is 0 Å². The smallest absolute Gasteiger partial charge is 0.213 e. The summed E-state index contributed by atoms with van der Waals surface area (Å²) in [4.78, 5) is 4.52. The molecule has 0 bridgehead atoms. The summed E-state index contributed by atoms with van der Waals surface area (Å²) in [5, 5.41) is 8.37. The summed E-state index contributed by atoms with van der Waals surface area (Å²) in [5.74, 6) is 0.628. The Morgan fingerprint density at radius 3 is 2.60 bits per heavy atom. The molecule has 1 unspecified atom stereocenters.